The Morgan fingerprint density at radius 1 is 0.671 bits per heavy atom. The van der Waals surface area contributed by atoms with Crippen molar-refractivity contribution in [1.82, 2.24) is 0 Å². The zero-order valence-corrected chi connectivity index (χ0v) is 46.7. The number of fused-ring (bicyclic) bond motifs is 7. The first-order chi connectivity index (χ1) is 37.0. The van der Waals surface area contributed by atoms with Gasteiger partial charge in [-0.3, -0.25) is 0 Å². The summed E-state index contributed by atoms with van der Waals surface area (Å²) in [6.45, 7) is 16.4. The molecule has 27 atom stereocenters. The van der Waals surface area contributed by atoms with Crippen molar-refractivity contribution in [3.63, 3.8) is 0 Å². The van der Waals surface area contributed by atoms with Crippen LogP contribution in [0.2, 0.25) is 0 Å². The molecule has 5 aliphatic carbocycles. The van der Waals surface area contributed by atoms with Gasteiger partial charge in [0.25, 0.3) is 0 Å². The highest BCUT2D eigenvalue weighted by Gasteiger charge is 2.76. The van der Waals surface area contributed by atoms with Gasteiger partial charge in [-0.25, -0.2) is 14.4 Å². The Bertz CT molecular complexity index is 2340. The molecule has 3 saturated heterocycles. The third-order valence-corrected chi connectivity index (χ3v) is 21.0. The molecule has 4 saturated carbocycles. The lowest BCUT2D eigenvalue weighted by Crippen LogP contribution is -2.76. The zero-order valence-electron chi connectivity index (χ0n) is 46.7. The van der Waals surface area contributed by atoms with E-state index in [1.165, 1.54) is 0 Å². The average Bonchev–Trinajstić information content (AvgIpc) is 2.30. The lowest BCUT2D eigenvalue weighted by Gasteiger charge is -2.72. The number of carbonyl (C=O) groups excluding carboxylic acids is 2. The van der Waals surface area contributed by atoms with Gasteiger partial charge in [-0.05, 0) is 101 Å². The maximum atomic E-state index is 13.8. The Labute approximate surface area is 460 Å². The molecule has 0 bridgehead atoms. The van der Waals surface area contributed by atoms with E-state index >= 15 is 0 Å². The first-order valence-electron chi connectivity index (χ1n) is 27.8. The first kappa shape index (κ1) is 62.0. The van der Waals surface area contributed by atoms with Crippen LogP contribution in [0.3, 0.4) is 0 Å². The highest BCUT2D eigenvalue weighted by molar-refractivity contribution is 5.89. The number of aliphatic carboxylic acids is 1. The number of hydrogen-bond acceptors (Lipinski definition) is 22. The molecule has 0 amide bonds. The van der Waals surface area contributed by atoms with Crippen molar-refractivity contribution in [2.45, 2.75) is 224 Å². The predicted octanol–water partition coefficient (Wildman–Crippen LogP) is -0.127. The fourth-order valence-electron chi connectivity index (χ4n) is 15.8. The number of rotatable bonds is 14. The number of ether oxygens (including phenoxy) is 8. The van der Waals surface area contributed by atoms with Gasteiger partial charge in [0.1, 0.15) is 67.1 Å². The van der Waals surface area contributed by atoms with Crippen LogP contribution in [-0.4, -0.2) is 216 Å². The van der Waals surface area contributed by atoms with Crippen molar-refractivity contribution in [2.24, 2.45) is 50.7 Å². The molecule has 8 aliphatic rings. The molecule has 79 heavy (non-hydrogen) atoms. The summed E-state index contributed by atoms with van der Waals surface area (Å²) < 4.78 is 48.8. The summed E-state index contributed by atoms with van der Waals surface area (Å²) in [6.07, 6.45) is -23.7. The largest absolute Gasteiger partial charge is 0.479 e. The molecule has 3 heterocycles. The lowest BCUT2D eigenvalue weighted by atomic mass is 9.33. The standard InChI is InChI=1S/C56H86O23/c1-11-23(3)47(70)78-44-45(79-48(71)24(4)12-2)56(22-59)28(19-52(44,6)7)27-13-14-32-53(8)17-16-29(25(5)26(53)15-18-54(32,9)55(27,10)42(66)43(56)67)72-51-41(77-50-37(64)35(62)33(60)30(20-57)73-50)39(38(65)40(76-51)46(68)69)75-49-36(63)34(61)31(21-58)74-49/h11-13,25-26,28-45,49-51,57-67H,14-22H2,1-10H3,(H,68,69)/b23-11-,24-12-/t25-,26-,28-,29-,30+,31-,32+,33-,34-,35-,36+,37+,38-,39-,40-,41+,42-,43+,44-,45-,49-,50-,51+,53-,54+,55-,56-/m0/s1. The average molecular weight is 1130 g/mol. The molecule has 7 fully saturated rings. The third-order valence-electron chi connectivity index (χ3n) is 21.0. The van der Waals surface area contributed by atoms with E-state index in [1.807, 2.05) is 27.7 Å². The van der Waals surface area contributed by atoms with Gasteiger partial charge in [0.15, 0.2) is 31.1 Å². The highest BCUT2D eigenvalue weighted by Crippen LogP contribution is 2.75. The molecule has 3 aliphatic heterocycles. The Hall–Kier alpha value is -3.05. The zero-order chi connectivity index (χ0) is 58.4. The molecule has 8 rings (SSSR count). The molecule has 0 aromatic carbocycles. The van der Waals surface area contributed by atoms with Gasteiger partial charge in [0.2, 0.25) is 0 Å². The molecule has 23 heteroatoms. The van der Waals surface area contributed by atoms with E-state index in [4.69, 9.17) is 37.9 Å². The maximum Gasteiger partial charge on any atom is 0.335 e. The van der Waals surface area contributed by atoms with E-state index in [1.54, 1.807) is 39.8 Å². The Morgan fingerprint density at radius 2 is 1.22 bits per heavy atom. The quantitative estimate of drug-likeness (QED) is 0.0467. The molecule has 0 radical (unpaired) electrons. The van der Waals surface area contributed by atoms with Crippen LogP contribution in [0.15, 0.2) is 34.9 Å². The van der Waals surface area contributed by atoms with Crippen LogP contribution in [0.1, 0.15) is 108 Å². The minimum absolute atomic E-state index is 0.103. The maximum absolute atomic E-state index is 13.8. The van der Waals surface area contributed by atoms with Gasteiger partial charge in [-0.1, -0.05) is 65.3 Å². The second kappa shape index (κ2) is 22.8. The van der Waals surface area contributed by atoms with Gasteiger partial charge in [0, 0.05) is 22.0 Å². The Morgan fingerprint density at radius 3 is 1.76 bits per heavy atom. The van der Waals surface area contributed by atoms with E-state index in [-0.39, 0.29) is 29.7 Å². The van der Waals surface area contributed by atoms with Crippen LogP contribution in [0, 0.1) is 50.7 Å². The number of carboxylic acid groups (broad SMARTS) is 1. The molecule has 0 unspecified atom stereocenters. The minimum atomic E-state index is -2.12. The summed E-state index contributed by atoms with van der Waals surface area (Å²) in [6, 6.07) is 0. The number of carboxylic acids is 1. The fraction of sp³-hybridized carbons (Fsp3) is 0.839. The SMILES string of the molecule is C/C=C(/C)C(=O)O[C@H]1[C@H](OC(=O)/C(C)=C\C)[C@]2(CO)[C@H](O)[C@H](O)[C@]3(C)C(=CC[C@@H]4[C@@]5(C)CC[C@H](O[C@@H]6O[C@H](C(=O)O)[C@@H](O)[C@H](O[C@@H]7O[C@@H](CO)[C@H](O)[C@H]7O)[C@H]6O[C@@H]6O[C@H](CO)[C@H](O)[C@H](O)[C@H]6O)[C@@H](C)[C@@H]5CC[C@]43C)[C@@H]2CC1(C)C. The van der Waals surface area contributed by atoms with E-state index in [2.05, 4.69) is 19.9 Å². The summed E-state index contributed by atoms with van der Waals surface area (Å²) in [5.74, 6) is -4.25. The number of carbonyl (C=O) groups is 3. The monoisotopic (exact) mass is 1130 g/mol. The highest BCUT2D eigenvalue weighted by atomic mass is 16.8. The molecule has 0 aromatic heterocycles. The Kier molecular flexibility index (Phi) is 17.9. The second-order valence-corrected chi connectivity index (χ2v) is 25.2. The van der Waals surface area contributed by atoms with Crippen molar-refractivity contribution in [2.75, 3.05) is 19.8 Å². The van der Waals surface area contributed by atoms with Crippen molar-refractivity contribution in [3.8, 4) is 0 Å². The number of aliphatic hydroxyl groups is 11. The fourth-order valence-corrected chi connectivity index (χ4v) is 15.8. The van der Waals surface area contributed by atoms with Crippen molar-refractivity contribution in [3.05, 3.63) is 34.9 Å². The van der Waals surface area contributed by atoms with E-state index in [0.717, 1.165) is 5.57 Å². The van der Waals surface area contributed by atoms with E-state index in [9.17, 15) is 75.7 Å². The van der Waals surface area contributed by atoms with E-state index < -0.39 is 187 Å². The summed E-state index contributed by atoms with van der Waals surface area (Å²) in [5, 5.41) is 134. The minimum Gasteiger partial charge on any atom is -0.479 e. The molecular formula is C56H86O23. The van der Waals surface area contributed by atoms with Crippen LogP contribution >= 0.6 is 0 Å². The molecule has 0 aromatic rings. The van der Waals surface area contributed by atoms with Crippen LogP contribution in [0.25, 0.3) is 0 Å². The first-order valence-corrected chi connectivity index (χ1v) is 27.8. The van der Waals surface area contributed by atoms with Crippen LogP contribution < -0.4 is 0 Å². The third kappa shape index (κ3) is 9.88. The van der Waals surface area contributed by atoms with Crippen LogP contribution in [-0.2, 0) is 52.3 Å². The smallest absolute Gasteiger partial charge is 0.335 e. The van der Waals surface area contributed by atoms with Gasteiger partial charge < -0.3 is 99.2 Å². The van der Waals surface area contributed by atoms with Crippen molar-refractivity contribution < 1.29 is 114 Å². The summed E-state index contributed by atoms with van der Waals surface area (Å²) in [5.41, 5.74) is -3.52. The summed E-state index contributed by atoms with van der Waals surface area (Å²) in [7, 11) is 0. The number of aliphatic hydroxyl groups excluding tert-OH is 11. The second-order valence-electron chi connectivity index (χ2n) is 25.2. The number of allylic oxidation sites excluding steroid dienone is 3. The topological polar surface area (TPSA) is 368 Å². The molecule has 23 nitrogen and oxygen atoms in total. The lowest BCUT2D eigenvalue weighted by molar-refractivity contribution is -0.384. The van der Waals surface area contributed by atoms with Crippen LogP contribution in [0.5, 0.6) is 0 Å². The van der Waals surface area contributed by atoms with Crippen LogP contribution in [0.4, 0.5) is 0 Å². The Balaban J connectivity index is 1.12. The normalized spacial score (nSPS) is 49.8. The molecular weight excluding hydrogens is 1040 g/mol. The molecule has 0 spiro atoms. The molecule has 12 N–H and O–H groups in total. The van der Waals surface area contributed by atoms with Gasteiger partial charge in [-0.15, -0.1) is 0 Å². The van der Waals surface area contributed by atoms with Crippen molar-refractivity contribution in [1.29, 1.82) is 0 Å². The van der Waals surface area contributed by atoms with Gasteiger partial charge >= 0.3 is 17.9 Å². The van der Waals surface area contributed by atoms with Crippen molar-refractivity contribution >= 4 is 17.9 Å². The van der Waals surface area contributed by atoms with Gasteiger partial charge in [0.05, 0.1) is 43.5 Å². The van der Waals surface area contributed by atoms with E-state index in [0.29, 0.717) is 37.7 Å². The number of hydrogen-bond donors (Lipinski definition) is 12. The summed E-state index contributed by atoms with van der Waals surface area (Å²) >= 11 is 0. The summed E-state index contributed by atoms with van der Waals surface area (Å²) in [4.78, 5) is 40.2. The molecule has 448 valence electrons. The van der Waals surface area contributed by atoms with Gasteiger partial charge in [-0.2, -0.15) is 0 Å². The predicted molar refractivity (Wildman–Crippen MR) is 272 cm³/mol. The number of esters is 2.